The summed E-state index contributed by atoms with van der Waals surface area (Å²) in [5.74, 6) is 0. The van der Waals surface area contributed by atoms with Crippen LogP contribution < -0.4 is 0 Å². The molecule has 2 unspecified atom stereocenters. The summed E-state index contributed by atoms with van der Waals surface area (Å²) in [4.78, 5) is 1.46. The molecule has 2 atom stereocenters. The molecule has 224 valence electrons. The van der Waals surface area contributed by atoms with Crippen LogP contribution in [0.5, 0.6) is 0 Å². The molecule has 0 aromatic rings. The van der Waals surface area contributed by atoms with Crippen molar-refractivity contribution in [3.05, 3.63) is 0 Å². The van der Waals surface area contributed by atoms with Gasteiger partial charge < -0.3 is 8.85 Å². The predicted molar refractivity (Wildman–Crippen MR) is 177 cm³/mol. The molecule has 0 bridgehead atoms. The Hall–Kier alpha value is 0.704. The third-order valence-corrected chi connectivity index (χ3v) is 22.3. The molecule has 0 amide bonds. The first-order chi connectivity index (χ1) is 18.0. The van der Waals surface area contributed by atoms with Crippen molar-refractivity contribution in [2.75, 3.05) is 13.2 Å². The molecule has 0 aliphatic carbocycles. The Morgan fingerprint density at radius 3 is 0.946 bits per heavy atom. The summed E-state index contributed by atoms with van der Waals surface area (Å²) in [5.41, 5.74) is 0. The number of thioether (sulfide) groups is 1. The first-order valence-corrected chi connectivity index (χ1v) is 22.7. The van der Waals surface area contributed by atoms with Gasteiger partial charge in [-0.2, -0.15) is 11.8 Å². The van der Waals surface area contributed by atoms with Crippen molar-refractivity contribution in [2.45, 2.75) is 192 Å². The van der Waals surface area contributed by atoms with E-state index >= 15 is 0 Å². The van der Waals surface area contributed by atoms with Crippen LogP contribution in [0.3, 0.4) is 0 Å². The van der Waals surface area contributed by atoms with E-state index in [1.54, 1.807) is 0 Å². The molecule has 0 aliphatic rings. The van der Waals surface area contributed by atoms with E-state index < -0.39 is 16.6 Å². The Morgan fingerprint density at radius 1 is 0.432 bits per heavy atom. The van der Waals surface area contributed by atoms with Crippen molar-refractivity contribution in [1.29, 1.82) is 0 Å². The summed E-state index contributed by atoms with van der Waals surface area (Å²) in [6, 6.07) is 5.51. The van der Waals surface area contributed by atoms with Crippen molar-refractivity contribution in [1.82, 2.24) is 0 Å². The minimum atomic E-state index is -1.86. The molecular weight excluding hydrogens is 505 g/mol. The lowest BCUT2D eigenvalue weighted by molar-refractivity contribution is 0.309. The third kappa shape index (κ3) is 14.8. The fourth-order valence-corrected chi connectivity index (χ4v) is 21.5. The van der Waals surface area contributed by atoms with E-state index in [-0.39, 0.29) is 0 Å². The van der Waals surface area contributed by atoms with E-state index in [1.165, 1.54) is 127 Å². The normalized spacial score (nSPS) is 14.3. The van der Waals surface area contributed by atoms with Crippen LogP contribution in [-0.4, -0.2) is 39.6 Å². The number of unbranched alkanes of at least 4 members (excludes halogenated alkanes) is 8. The molecule has 0 heterocycles. The lowest BCUT2D eigenvalue weighted by Crippen LogP contribution is -2.54. The molecule has 37 heavy (non-hydrogen) atoms. The smallest absolute Gasteiger partial charge is 0.205 e. The van der Waals surface area contributed by atoms with Crippen molar-refractivity contribution in [3.63, 3.8) is 0 Å². The second-order valence-electron chi connectivity index (χ2n) is 11.5. The summed E-state index contributed by atoms with van der Waals surface area (Å²) >= 11 is 2.44. The molecule has 0 aromatic heterocycles. The zero-order valence-corrected chi connectivity index (χ0v) is 29.8. The van der Waals surface area contributed by atoms with Gasteiger partial charge >= 0.3 is 0 Å². The molecule has 0 spiro atoms. The van der Waals surface area contributed by atoms with Crippen LogP contribution >= 0.6 is 11.8 Å². The molecule has 0 saturated carbocycles. The van der Waals surface area contributed by atoms with E-state index in [1.807, 2.05) is 0 Å². The van der Waals surface area contributed by atoms with Gasteiger partial charge in [0, 0.05) is 23.0 Å². The number of rotatable bonds is 28. The van der Waals surface area contributed by atoms with Crippen LogP contribution in [0.2, 0.25) is 24.2 Å². The molecular formula is C32H70O2SSi2. The molecule has 5 heteroatoms. The van der Waals surface area contributed by atoms with Gasteiger partial charge in [-0.3, -0.25) is 0 Å². The maximum absolute atomic E-state index is 7.08. The van der Waals surface area contributed by atoms with Crippen molar-refractivity contribution >= 4 is 28.4 Å². The van der Waals surface area contributed by atoms with Crippen LogP contribution in [0.25, 0.3) is 0 Å². The molecule has 0 radical (unpaired) electrons. The van der Waals surface area contributed by atoms with Gasteiger partial charge in [0.05, 0.1) is 0 Å². The van der Waals surface area contributed by atoms with Crippen LogP contribution in [0.15, 0.2) is 0 Å². The highest BCUT2D eigenvalue weighted by atomic mass is 32.2. The van der Waals surface area contributed by atoms with Crippen LogP contribution in [0.4, 0.5) is 0 Å². The summed E-state index contributed by atoms with van der Waals surface area (Å²) in [6.07, 6.45) is 21.4. The zero-order chi connectivity index (χ0) is 27.8. The predicted octanol–water partition coefficient (Wildman–Crippen LogP) is 11.9. The van der Waals surface area contributed by atoms with Crippen LogP contribution in [-0.2, 0) is 8.85 Å². The van der Waals surface area contributed by atoms with E-state index in [0.717, 1.165) is 23.0 Å². The summed E-state index contributed by atoms with van der Waals surface area (Å²) in [6.45, 7) is 20.6. The highest BCUT2D eigenvalue weighted by Gasteiger charge is 2.48. The van der Waals surface area contributed by atoms with E-state index in [4.69, 9.17) is 8.85 Å². The molecule has 0 aromatic carbocycles. The van der Waals surface area contributed by atoms with Gasteiger partial charge in [-0.15, -0.1) is 0 Å². The molecule has 0 saturated heterocycles. The Kier molecular flexibility index (Phi) is 25.0. The van der Waals surface area contributed by atoms with Gasteiger partial charge in [0.25, 0.3) is 0 Å². The Bertz CT molecular complexity index is 429. The average molecular weight is 575 g/mol. The van der Waals surface area contributed by atoms with Crippen molar-refractivity contribution in [2.24, 2.45) is 0 Å². The van der Waals surface area contributed by atoms with E-state index in [2.05, 4.69) is 67.2 Å². The van der Waals surface area contributed by atoms with Gasteiger partial charge in [-0.05, 0) is 50.9 Å². The minimum Gasteiger partial charge on any atom is -0.416 e. The molecule has 0 N–H and O–H groups in total. The zero-order valence-electron chi connectivity index (χ0n) is 26.9. The van der Waals surface area contributed by atoms with Gasteiger partial charge in [-0.1, -0.05) is 131 Å². The van der Waals surface area contributed by atoms with Crippen molar-refractivity contribution < 1.29 is 8.85 Å². The lowest BCUT2D eigenvalue weighted by Gasteiger charge is -2.44. The Balaban J connectivity index is 6.38. The minimum absolute atomic E-state index is 0.729. The maximum atomic E-state index is 7.08. The second kappa shape index (κ2) is 24.5. The summed E-state index contributed by atoms with van der Waals surface area (Å²) in [7, 11) is -3.72. The first-order valence-electron chi connectivity index (χ1n) is 16.9. The van der Waals surface area contributed by atoms with Crippen LogP contribution in [0.1, 0.15) is 158 Å². The summed E-state index contributed by atoms with van der Waals surface area (Å²) < 4.78 is 14.2. The molecule has 0 aliphatic heterocycles. The highest BCUT2D eigenvalue weighted by molar-refractivity contribution is 8.03. The van der Waals surface area contributed by atoms with Crippen molar-refractivity contribution in [3.8, 4) is 0 Å². The monoisotopic (exact) mass is 574 g/mol. The van der Waals surface area contributed by atoms with E-state index in [0.29, 0.717) is 0 Å². The highest BCUT2D eigenvalue weighted by Crippen LogP contribution is 2.44. The van der Waals surface area contributed by atoms with Gasteiger partial charge in [0.2, 0.25) is 16.6 Å². The van der Waals surface area contributed by atoms with Gasteiger partial charge in [0.1, 0.15) is 0 Å². The maximum Gasteiger partial charge on any atom is 0.205 e. The van der Waals surface area contributed by atoms with Gasteiger partial charge in [0.15, 0.2) is 0 Å². The largest absolute Gasteiger partial charge is 0.416 e. The Morgan fingerprint density at radius 2 is 0.730 bits per heavy atom. The lowest BCUT2D eigenvalue weighted by atomic mass is 10.3. The average Bonchev–Trinajstić information content (AvgIpc) is 2.88. The SMILES string of the molecule is CCCCC[Si](CCCCC)(OCC)C(CCC)SC(CCC)[Si](CCCCC)(CCCCC)OCC. The molecule has 0 fully saturated rings. The Labute approximate surface area is 241 Å². The second-order valence-corrected chi connectivity index (χ2v) is 22.0. The first kappa shape index (κ1) is 37.7. The third-order valence-electron chi connectivity index (χ3n) is 8.28. The molecule has 2 nitrogen and oxygen atoms in total. The molecule has 0 rings (SSSR count). The van der Waals surface area contributed by atoms with E-state index in [9.17, 15) is 0 Å². The van der Waals surface area contributed by atoms with Gasteiger partial charge in [-0.25, -0.2) is 0 Å². The topological polar surface area (TPSA) is 18.5 Å². The fraction of sp³-hybridized carbons (Fsp3) is 1.00. The standard InChI is InChI=1S/C32H70O2SSi2/c1-9-17-21-27-36(33-15-7,28-22-18-10-2)31(25-13-5)35-32(26-14-6)37(34-16-8,29-23-19-11-3)30-24-20-12-4/h31-32H,9-30H2,1-8H3. The fourth-order valence-electron chi connectivity index (χ4n) is 6.27. The summed E-state index contributed by atoms with van der Waals surface area (Å²) in [5, 5.41) is 0. The number of hydrogen-bond donors (Lipinski definition) is 0. The quantitative estimate of drug-likeness (QED) is 0.0683. The number of hydrogen-bond acceptors (Lipinski definition) is 3. The van der Waals surface area contributed by atoms with Crippen LogP contribution in [0, 0.1) is 0 Å².